The van der Waals surface area contributed by atoms with Gasteiger partial charge >= 0.3 is 0 Å². The summed E-state index contributed by atoms with van der Waals surface area (Å²) in [5.41, 5.74) is 1.01. The fourth-order valence-electron chi connectivity index (χ4n) is 2.29. The van der Waals surface area contributed by atoms with E-state index in [-0.39, 0.29) is 17.1 Å². The van der Waals surface area contributed by atoms with Crippen LogP contribution in [0.3, 0.4) is 0 Å². The molecule has 0 radical (unpaired) electrons. The number of halogens is 1. The van der Waals surface area contributed by atoms with Crippen LogP contribution in [0.4, 0.5) is 5.82 Å². The van der Waals surface area contributed by atoms with Gasteiger partial charge in [-0.05, 0) is 31.4 Å². The molecule has 0 unspecified atom stereocenters. The average Bonchev–Trinajstić information content (AvgIpc) is 2.41. The Labute approximate surface area is 112 Å². The Morgan fingerprint density at radius 2 is 2.17 bits per heavy atom. The van der Waals surface area contributed by atoms with Crippen molar-refractivity contribution in [2.24, 2.45) is 5.92 Å². The van der Waals surface area contributed by atoms with Crippen molar-refractivity contribution in [3.8, 4) is 0 Å². The first-order chi connectivity index (χ1) is 8.61. The third kappa shape index (κ3) is 2.72. The predicted octanol–water partition coefficient (Wildman–Crippen LogP) is 1.40. The number of anilines is 1. The first kappa shape index (κ1) is 13.1. The average molecular weight is 269 g/mol. The van der Waals surface area contributed by atoms with Gasteiger partial charge in [0.25, 0.3) is 0 Å². The molecule has 0 saturated carbocycles. The van der Waals surface area contributed by atoms with E-state index in [4.69, 9.17) is 11.6 Å². The number of nitrogens with one attached hydrogen (secondary N) is 1. The van der Waals surface area contributed by atoms with Gasteiger partial charge in [0.1, 0.15) is 5.82 Å². The molecule has 1 aliphatic rings. The molecule has 0 aliphatic carbocycles. The molecule has 98 valence electrons. The normalized spacial score (nSPS) is 16.7. The summed E-state index contributed by atoms with van der Waals surface area (Å²) >= 11 is 5.82. The van der Waals surface area contributed by atoms with Crippen LogP contribution < -0.4 is 10.2 Å². The van der Waals surface area contributed by atoms with Gasteiger partial charge in [-0.15, -0.1) is 0 Å². The first-order valence-electron chi connectivity index (χ1n) is 6.07. The zero-order valence-electron chi connectivity index (χ0n) is 10.6. The molecule has 0 bridgehead atoms. The molecule has 5 nitrogen and oxygen atoms in total. The standard InChI is InChI=1S/C12H17ClN4O/c1-8-7-15-12(13)16-10(8)17-5-3-9(4-6-17)11(18)14-2/h7,9H,3-6H2,1-2H3,(H,14,18). The molecule has 6 heteroatoms. The third-order valence-electron chi connectivity index (χ3n) is 3.33. The fourth-order valence-corrected chi connectivity index (χ4v) is 2.42. The highest BCUT2D eigenvalue weighted by atomic mass is 35.5. The topological polar surface area (TPSA) is 58.1 Å². The maximum absolute atomic E-state index is 11.6. The van der Waals surface area contributed by atoms with Crippen molar-refractivity contribution in [3.63, 3.8) is 0 Å². The molecule has 1 N–H and O–H groups in total. The van der Waals surface area contributed by atoms with Crippen LogP contribution in [0.1, 0.15) is 18.4 Å². The van der Waals surface area contributed by atoms with Crippen molar-refractivity contribution >= 4 is 23.3 Å². The number of piperidine rings is 1. The van der Waals surface area contributed by atoms with E-state index >= 15 is 0 Å². The Hall–Kier alpha value is -1.36. The summed E-state index contributed by atoms with van der Waals surface area (Å²) in [6.45, 7) is 3.62. The van der Waals surface area contributed by atoms with Crippen molar-refractivity contribution in [2.75, 3.05) is 25.0 Å². The van der Waals surface area contributed by atoms with Gasteiger partial charge in [0.05, 0.1) is 0 Å². The van der Waals surface area contributed by atoms with Crippen molar-refractivity contribution in [3.05, 3.63) is 17.0 Å². The molecule has 1 amide bonds. The molecule has 0 spiro atoms. The number of aryl methyl sites for hydroxylation is 1. The van der Waals surface area contributed by atoms with E-state index in [1.807, 2.05) is 6.92 Å². The van der Waals surface area contributed by atoms with Crippen LogP contribution in [-0.4, -0.2) is 36.0 Å². The molecule has 2 rings (SSSR count). The Morgan fingerprint density at radius 3 is 2.78 bits per heavy atom. The Balaban J connectivity index is 2.05. The fraction of sp³-hybridized carbons (Fsp3) is 0.583. The molecule has 18 heavy (non-hydrogen) atoms. The monoisotopic (exact) mass is 268 g/mol. The third-order valence-corrected chi connectivity index (χ3v) is 3.51. The lowest BCUT2D eigenvalue weighted by Crippen LogP contribution is -2.40. The number of nitrogens with zero attached hydrogens (tertiary/aromatic N) is 3. The lowest BCUT2D eigenvalue weighted by molar-refractivity contribution is -0.125. The molecule has 2 heterocycles. The quantitative estimate of drug-likeness (QED) is 0.824. The van der Waals surface area contributed by atoms with Crippen molar-refractivity contribution in [1.82, 2.24) is 15.3 Å². The first-order valence-corrected chi connectivity index (χ1v) is 6.45. The zero-order chi connectivity index (χ0) is 13.1. The molecular weight excluding hydrogens is 252 g/mol. The molecule has 1 fully saturated rings. The van der Waals surface area contributed by atoms with Crippen molar-refractivity contribution < 1.29 is 4.79 Å². The van der Waals surface area contributed by atoms with Gasteiger partial charge < -0.3 is 10.2 Å². The Morgan fingerprint density at radius 1 is 1.50 bits per heavy atom. The van der Waals surface area contributed by atoms with Gasteiger partial charge in [-0.25, -0.2) is 9.97 Å². The van der Waals surface area contributed by atoms with E-state index in [9.17, 15) is 4.79 Å². The second kappa shape index (κ2) is 5.52. The summed E-state index contributed by atoms with van der Waals surface area (Å²) in [7, 11) is 1.68. The molecular formula is C12H17ClN4O. The minimum atomic E-state index is 0.115. The van der Waals surface area contributed by atoms with Crippen LogP contribution in [-0.2, 0) is 4.79 Å². The van der Waals surface area contributed by atoms with E-state index in [1.54, 1.807) is 13.2 Å². The minimum absolute atomic E-state index is 0.115. The van der Waals surface area contributed by atoms with Crippen LogP contribution >= 0.6 is 11.6 Å². The summed E-state index contributed by atoms with van der Waals surface area (Å²) in [5, 5.41) is 2.97. The highest BCUT2D eigenvalue weighted by Crippen LogP contribution is 2.24. The molecule has 1 aromatic rings. The van der Waals surface area contributed by atoms with E-state index < -0.39 is 0 Å². The van der Waals surface area contributed by atoms with E-state index in [0.717, 1.165) is 37.3 Å². The second-order valence-corrected chi connectivity index (χ2v) is 4.86. The molecule has 1 saturated heterocycles. The second-order valence-electron chi connectivity index (χ2n) is 4.52. The number of rotatable bonds is 2. The minimum Gasteiger partial charge on any atom is -0.359 e. The van der Waals surface area contributed by atoms with Gasteiger partial charge in [-0.2, -0.15) is 0 Å². The summed E-state index contributed by atoms with van der Waals surface area (Å²) in [6.07, 6.45) is 3.43. The maximum Gasteiger partial charge on any atom is 0.224 e. The van der Waals surface area contributed by atoms with Crippen LogP contribution in [0.15, 0.2) is 6.20 Å². The molecule has 0 atom stereocenters. The lowest BCUT2D eigenvalue weighted by Gasteiger charge is -2.32. The Kier molecular flexibility index (Phi) is 4.01. The summed E-state index contributed by atoms with van der Waals surface area (Å²) in [5.74, 6) is 1.13. The highest BCUT2D eigenvalue weighted by Gasteiger charge is 2.25. The summed E-state index contributed by atoms with van der Waals surface area (Å²) < 4.78 is 0. The summed E-state index contributed by atoms with van der Waals surface area (Å²) in [4.78, 5) is 21.9. The highest BCUT2D eigenvalue weighted by molar-refractivity contribution is 6.28. The van der Waals surface area contributed by atoms with Gasteiger partial charge in [-0.3, -0.25) is 4.79 Å². The van der Waals surface area contributed by atoms with Crippen LogP contribution in [0, 0.1) is 12.8 Å². The molecule has 1 aromatic heterocycles. The van der Waals surface area contributed by atoms with E-state index in [1.165, 1.54) is 0 Å². The number of aromatic nitrogens is 2. The van der Waals surface area contributed by atoms with Crippen molar-refractivity contribution in [2.45, 2.75) is 19.8 Å². The van der Waals surface area contributed by atoms with Crippen LogP contribution in [0.2, 0.25) is 5.28 Å². The van der Waals surface area contributed by atoms with Gasteiger partial charge in [0.15, 0.2) is 0 Å². The zero-order valence-corrected chi connectivity index (χ0v) is 11.4. The molecule has 0 aromatic carbocycles. The smallest absolute Gasteiger partial charge is 0.224 e. The van der Waals surface area contributed by atoms with Crippen LogP contribution in [0.5, 0.6) is 0 Å². The Bertz CT molecular complexity index is 444. The number of carbonyl (C=O) groups excluding carboxylic acids is 1. The van der Waals surface area contributed by atoms with Crippen LogP contribution in [0.25, 0.3) is 0 Å². The SMILES string of the molecule is CNC(=O)C1CCN(c2nc(Cl)ncc2C)CC1. The number of hydrogen-bond donors (Lipinski definition) is 1. The maximum atomic E-state index is 11.6. The number of hydrogen-bond acceptors (Lipinski definition) is 4. The molecule has 1 aliphatic heterocycles. The van der Waals surface area contributed by atoms with Crippen molar-refractivity contribution in [1.29, 1.82) is 0 Å². The lowest BCUT2D eigenvalue weighted by atomic mass is 9.96. The largest absolute Gasteiger partial charge is 0.359 e. The predicted molar refractivity (Wildman–Crippen MR) is 70.8 cm³/mol. The van der Waals surface area contributed by atoms with Gasteiger partial charge in [0.2, 0.25) is 11.2 Å². The van der Waals surface area contributed by atoms with Gasteiger partial charge in [0, 0.05) is 37.8 Å². The van der Waals surface area contributed by atoms with Gasteiger partial charge in [-0.1, -0.05) is 0 Å². The van der Waals surface area contributed by atoms with E-state index in [0.29, 0.717) is 0 Å². The number of amides is 1. The number of carbonyl (C=O) groups is 1. The summed E-state index contributed by atoms with van der Waals surface area (Å²) in [6, 6.07) is 0. The van der Waals surface area contributed by atoms with E-state index in [2.05, 4.69) is 20.2 Å².